The second kappa shape index (κ2) is 8.20. The van der Waals surface area contributed by atoms with E-state index in [9.17, 15) is 14.4 Å². The van der Waals surface area contributed by atoms with Crippen molar-refractivity contribution < 1.29 is 14.4 Å². The average Bonchev–Trinajstić information content (AvgIpc) is 2.49. The van der Waals surface area contributed by atoms with Crippen LogP contribution in [0.5, 0.6) is 0 Å². The van der Waals surface area contributed by atoms with Gasteiger partial charge < -0.3 is 11.1 Å². The molecule has 0 saturated carbocycles. The van der Waals surface area contributed by atoms with Gasteiger partial charge in [-0.05, 0) is 53.9 Å². The molecule has 3 N–H and O–H groups in total. The lowest BCUT2D eigenvalue weighted by atomic mass is 9.84. The molecule has 1 rings (SSSR count). The Morgan fingerprint density at radius 3 is 2.13 bits per heavy atom. The molecule has 0 unspecified atom stereocenters. The molecule has 1 amide bonds. The highest BCUT2D eigenvalue weighted by atomic mass is 16.2. The Morgan fingerprint density at radius 2 is 1.57 bits per heavy atom. The number of amides is 1. The highest BCUT2D eigenvalue weighted by Crippen LogP contribution is 2.27. The molecule has 0 fully saturated rings. The Kier molecular flexibility index (Phi) is 6.88. The summed E-state index contributed by atoms with van der Waals surface area (Å²) in [5, 5.41) is 2.79. The Hall–Kier alpha value is -1.75. The molecule has 0 bridgehead atoms. The minimum absolute atomic E-state index is 0.0264. The predicted molar refractivity (Wildman–Crippen MR) is 90.8 cm³/mol. The fraction of sp³-hybridized carbons (Fsp3) is 0.611. The van der Waals surface area contributed by atoms with Gasteiger partial charge in [0.1, 0.15) is 0 Å². The van der Waals surface area contributed by atoms with E-state index in [2.05, 4.69) is 5.32 Å². The van der Waals surface area contributed by atoms with Gasteiger partial charge in [-0.15, -0.1) is 0 Å². The first-order valence-electron chi connectivity index (χ1n) is 8.19. The van der Waals surface area contributed by atoms with Crippen molar-refractivity contribution in [3.8, 4) is 0 Å². The zero-order valence-electron chi connectivity index (χ0n) is 14.8. The van der Waals surface area contributed by atoms with Crippen molar-refractivity contribution in [2.24, 2.45) is 5.73 Å². The molecule has 0 aliphatic heterocycles. The quantitative estimate of drug-likeness (QED) is 0.556. The van der Waals surface area contributed by atoms with Gasteiger partial charge in [-0.3, -0.25) is 14.4 Å². The number of allylic oxidation sites excluding steroid dienone is 4. The molecule has 1 aliphatic carbocycles. The van der Waals surface area contributed by atoms with E-state index >= 15 is 0 Å². The highest BCUT2D eigenvalue weighted by molar-refractivity contribution is 6.24. The number of hydrogen-bond donors (Lipinski definition) is 2. The fourth-order valence-electron chi connectivity index (χ4n) is 2.65. The zero-order chi connectivity index (χ0) is 17.7. The smallest absolute Gasteiger partial charge is 0.237 e. The summed E-state index contributed by atoms with van der Waals surface area (Å²) in [6.45, 7) is 8.90. The second-order valence-electron chi connectivity index (χ2n) is 6.53. The summed E-state index contributed by atoms with van der Waals surface area (Å²) >= 11 is 0. The van der Waals surface area contributed by atoms with Gasteiger partial charge in [0.25, 0.3) is 0 Å². The van der Waals surface area contributed by atoms with Crippen LogP contribution in [0.15, 0.2) is 22.3 Å². The first kappa shape index (κ1) is 19.3. The highest BCUT2D eigenvalue weighted by Gasteiger charge is 2.27. The minimum Gasteiger partial charge on any atom is -0.353 e. The largest absolute Gasteiger partial charge is 0.353 e. The molecule has 5 nitrogen and oxygen atoms in total. The summed E-state index contributed by atoms with van der Waals surface area (Å²) in [7, 11) is 0. The van der Waals surface area contributed by atoms with Crippen LogP contribution in [-0.2, 0) is 14.4 Å². The summed E-state index contributed by atoms with van der Waals surface area (Å²) in [5.74, 6) is -0.208. The summed E-state index contributed by atoms with van der Waals surface area (Å²) in [5.41, 5.74) is 8.10. The van der Waals surface area contributed by atoms with Gasteiger partial charge >= 0.3 is 0 Å². The lowest BCUT2D eigenvalue weighted by molar-refractivity contribution is -0.123. The molecule has 0 aromatic rings. The van der Waals surface area contributed by atoms with Crippen LogP contribution >= 0.6 is 0 Å². The minimum atomic E-state index is -0.528. The van der Waals surface area contributed by atoms with Crippen molar-refractivity contribution in [3.63, 3.8) is 0 Å². The standard InChI is InChI=1S/C18H28N2O3/c1-10(2)20-18(23)15(19)9-7-6-8-14-13(5)16(21)11(3)12(4)17(14)22/h10,15H,6-9,19H2,1-5H3,(H,20,23)/t15-/m0/s1. The monoisotopic (exact) mass is 320 g/mol. The number of rotatable bonds is 7. The molecule has 1 atom stereocenters. The number of carbonyl (C=O) groups excluding carboxylic acids is 3. The van der Waals surface area contributed by atoms with Crippen molar-refractivity contribution in [1.82, 2.24) is 5.32 Å². The van der Waals surface area contributed by atoms with Gasteiger partial charge in [-0.25, -0.2) is 0 Å². The summed E-state index contributed by atoms with van der Waals surface area (Å²) in [6.07, 6.45) is 2.60. The number of Topliss-reactive ketones (excluding diaryl/α,β-unsaturated/α-hetero) is 2. The van der Waals surface area contributed by atoms with Crippen LogP contribution in [0, 0.1) is 0 Å². The van der Waals surface area contributed by atoms with Gasteiger partial charge in [-0.1, -0.05) is 6.42 Å². The summed E-state index contributed by atoms with van der Waals surface area (Å²) < 4.78 is 0. The molecular formula is C18H28N2O3. The third-order valence-electron chi connectivity index (χ3n) is 4.27. The molecule has 128 valence electrons. The van der Waals surface area contributed by atoms with Crippen LogP contribution in [-0.4, -0.2) is 29.6 Å². The lowest BCUT2D eigenvalue weighted by Crippen LogP contribution is -2.43. The Balaban J connectivity index is 2.52. The van der Waals surface area contributed by atoms with E-state index in [-0.39, 0.29) is 23.5 Å². The predicted octanol–water partition coefficient (Wildman–Crippen LogP) is 2.20. The molecule has 0 spiro atoms. The van der Waals surface area contributed by atoms with E-state index in [4.69, 9.17) is 5.73 Å². The molecule has 0 aromatic carbocycles. The molecular weight excluding hydrogens is 292 g/mol. The average molecular weight is 320 g/mol. The van der Waals surface area contributed by atoms with Gasteiger partial charge in [0.05, 0.1) is 6.04 Å². The van der Waals surface area contributed by atoms with E-state index in [1.165, 1.54) is 0 Å². The van der Waals surface area contributed by atoms with Crippen molar-refractivity contribution in [1.29, 1.82) is 0 Å². The SMILES string of the molecule is CC1=C(C)C(=O)C(CCCC[C@H](N)C(=O)NC(C)C)=C(C)C1=O. The van der Waals surface area contributed by atoms with E-state index < -0.39 is 6.04 Å². The maximum absolute atomic E-state index is 12.3. The number of unbranched alkanes of at least 4 members (excludes halogenated alkanes) is 1. The van der Waals surface area contributed by atoms with Crippen molar-refractivity contribution >= 4 is 17.5 Å². The van der Waals surface area contributed by atoms with Crippen molar-refractivity contribution in [3.05, 3.63) is 22.3 Å². The number of ketones is 2. The van der Waals surface area contributed by atoms with Gasteiger partial charge in [0.2, 0.25) is 5.91 Å². The number of carbonyl (C=O) groups is 3. The van der Waals surface area contributed by atoms with E-state index in [1.54, 1.807) is 20.8 Å². The number of nitrogens with one attached hydrogen (secondary N) is 1. The van der Waals surface area contributed by atoms with Gasteiger partial charge in [0, 0.05) is 28.3 Å². The van der Waals surface area contributed by atoms with Crippen LogP contribution in [0.2, 0.25) is 0 Å². The molecule has 1 aliphatic rings. The normalized spacial score (nSPS) is 17.2. The topological polar surface area (TPSA) is 89.3 Å². The van der Waals surface area contributed by atoms with Crippen LogP contribution in [0.3, 0.4) is 0 Å². The van der Waals surface area contributed by atoms with E-state index in [0.29, 0.717) is 35.1 Å². The van der Waals surface area contributed by atoms with E-state index in [1.807, 2.05) is 13.8 Å². The van der Waals surface area contributed by atoms with Gasteiger partial charge in [-0.2, -0.15) is 0 Å². The Labute approximate surface area is 138 Å². The van der Waals surface area contributed by atoms with Crippen molar-refractivity contribution in [2.45, 2.75) is 72.4 Å². The van der Waals surface area contributed by atoms with Gasteiger partial charge in [0.15, 0.2) is 11.6 Å². The molecule has 0 heterocycles. The van der Waals surface area contributed by atoms with Crippen LogP contribution in [0.25, 0.3) is 0 Å². The second-order valence-corrected chi connectivity index (χ2v) is 6.53. The maximum Gasteiger partial charge on any atom is 0.237 e. The molecule has 0 radical (unpaired) electrons. The Morgan fingerprint density at radius 1 is 1.00 bits per heavy atom. The third-order valence-corrected chi connectivity index (χ3v) is 4.27. The number of hydrogen-bond acceptors (Lipinski definition) is 4. The molecule has 0 aromatic heterocycles. The molecule has 23 heavy (non-hydrogen) atoms. The number of nitrogens with two attached hydrogens (primary N) is 1. The summed E-state index contributed by atoms with van der Waals surface area (Å²) in [4.78, 5) is 36.1. The van der Waals surface area contributed by atoms with E-state index in [0.717, 1.165) is 12.8 Å². The van der Waals surface area contributed by atoms with Crippen LogP contribution in [0.1, 0.15) is 60.3 Å². The zero-order valence-corrected chi connectivity index (χ0v) is 14.8. The lowest BCUT2D eigenvalue weighted by Gasteiger charge is -2.19. The third kappa shape index (κ3) is 4.86. The van der Waals surface area contributed by atoms with Crippen LogP contribution < -0.4 is 11.1 Å². The molecule has 0 saturated heterocycles. The molecule has 5 heteroatoms. The maximum atomic E-state index is 12.3. The van der Waals surface area contributed by atoms with Crippen molar-refractivity contribution in [2.75, 3.05) is 0 Å². The summed E-state index contributed by atoms with van der Waals surface area (Å²) in [6, 6.07) is -0.453. The Bertz CT molecular complexity index is 571. The van der Waals surface area contributed by atoms with Crippen LogP contribution in [0.4, 0.5) is 0 Å². The first-order chi connectivity index (χ1) is 10.7. The first-order valence-corrected chi connectivity index (χ1v) is 8.19. The fourth-order valence-corrected chi connectivity index (χ4v) is 2.65.